The van der Waals surface area contributed by atoms with E-state index < -0.39 is 0 Å². The number of nitrogens with one attached hydrogen (secondary N) is 1. The number of methoxy groups -OCH3 is 2. The summed E-state index contributed by atoms with van der Waals surface area (Å²) in [5.41, 5.74) is 1.25. The molecule has 2 aliphatic heterocycles. The average molecular weight is 406 g/mol. The van der Waals surface area contributed by atoms with Gasteiger partial charge in [-0.25, -0.2) is 0 Å². The van der Waals surface area contributed by atoms with Gasteiger partial charge in [-0.2, -0.15) is 0 Å². The quantitative estimate of drug-likeness (QED) is 0.387. The molecule has 0 radical (unpaired) electrons. The van der Waals surface area contributed by atoms with Crippen LogP contribution < -0.4 is 14.8 Å². The van der Waals surface area contributed by atoms with Gasteiger partial charge in [0, 0.05) is 57.8 Å². The van der Waals surface area contributed by atoms with Crippen LogP contribution in [0, 0.1) is 5.92 Å². The molecule has 29 heavy (non-hydrogen) atoms. The summed E-state index contributed by atoms with van der Waals surface area (Å²) in [6.07, 6.45) is 3.18. The van der Waals surface area contributed by atoms with Gasteiger partial charge < -0.3 is 29.2 Å². The summed E-state index contributed by atoms with van der Waals surface area (Å²) in [5.74, 6) is 3.66. The summed E-state index contributed by atoms with van der Waals surface area (Å²) in [5, 5.41) is 3.48. The van der Waals surface area contributed by atoms with Crippen molar-refractivity contribution < 1.29 is 18.9 Å². The maximum Gasteiger partial charge on any atom is 0.193 e. The molecule has 0 bridgehead atoms. The minimum atomic E-state index is 0.439. The maximum atomic E-state index is 5.78. The fourth-order valence-corrected chi connectivity index (χ4v) is 3.96. The molecule has 2 saturated heterocycles. The lowest BCUT2D eigenvalue weighted by atomic mass is 9.98. The van der Waals surface area contributed by atoms with Crippen molar-refractivity contribution in [3.63, 3.8) is 0 Å². The predicted octanol–water partition coefficient (Wildman–Crippen LogP) is 2.51. The molecule has 2 heterocycles. The van der Waals surface area contributed by atoms with Crippen LogP contribution in [0.5, 0.6) is 11.5 Å². The minimum Gasteiger partial charge on any atom is -0.497 e. The van der Waals surface area contributed by atoms with E-state index in [2.05, 4.69) is 27.3 Å². The highest BCUT2D eigenvalue weighted by Gasteiger charge is 2.26. The number of likely N-dealkylation sites (tertiary alicyclic amines) is 1. The smallest absolute Gasteiger partial charge is 0.193 e. The molecule has 0 saturated carbocycles. The second-order valence-corrected chi connectivity index (χ2v) is 7.71. The van der Waals surface area contributed by atoms with Gasteiger partial charge >= 0.3 is 0 Å². The van der Waals surface area contributed by atoms with Crippen molar-refractivity contribution in [1.29, 1.82) is 0 Å². The van der Waals surface area contributed by atoms with Crippen LogP contribution in [0.4, 0.5) is 0 Å². The van der Waals surface area contributed by atoms with Crippen molar-refractivity contribution in [3.05, 3.63) is 23.8 Å². The normalized spacial score (nSPS) is 22.2. The van der Waals surface area contributed by atoms with Crippen LogP contribution in [-0.4, -0.2) is 78.2 Å². The van der Waals surface area contributed by atoms with E-state index in [0.29, 0.717) is 11.8 Å². The Hall–Kier alpha value is -1.99. The molecule has 1 aromatic carbocycles. The fraction of sp³-hybridized carbons (Fsp3) is 0.682. The number of benzene rings is 1. The molecular weight excluding hydrogens is 370 g/mol. The van der Waals surface area contributed by atoms with E-state index in [-0.39, 0.29) is 0 Å². The van der Waals surface area contributed by atoms with Gasteiger partial charge in [-0.3, -0.25) is 4.99 Å². The largest absolute Gasteiger partial charge is 0.497 e. The molecule has 0 spiro atoms. The van der Waals surface area contributed by atoms with Gasteiger partial charge in [-0.1, -0.05) is 0 Å². The second-order valence-electron chi connectivity index (χ2n) is 7.71. The number of guanidine groups is 1. The van der Waals surface area contributed by atoms with E-state index >= 15 is 0 Å². The number of nitrogens with zero attached hydrogens (tertiary/aromatic N) is 2. The molecule has 2 fully saturated rings. The van der Waals surface area contributed by atoms with Crippen LogP contribution in [0.3, 0.4) is 0 Å². The molecule has 162 valence electrons. The maximum absolute atomic E-state index is 5.78. The number of aliphatic imine (C=N–C) groups is 1. The van der Waals surface area contributed by atoms with Gasteiger partial charge in [0.05, 0.1) is 27.4 Å². The molecule has 0 aromatic heterocycles. The Labute approximate surface area is 174 Å². The molecule has 0 aliphatic carbocycles. The molecule has 1 N–H and O–H groups in total. The highest BCUT2D eigenvalue weighted by atomic mass is 16.5. The fourth-order valence-electron chi connectivity index (χ4n) is 3.96. The number of rotatable bonds is 9. The Kier molecular flexibility index (Phi) is 8.43. The van der Waals surface area contributed by atoms with Gasteiger partial charge in [0.15, 0.2) is 5.96 Å². The van der Waals surface area contributed by atoms with Crippen LogP contribution in [0.2, 0.25) is 0 Å². The van der Waals surface area contributed by atoms with Crippen molar-refractivity contribution >= 4 is 5.96 Å². The SMILES string of the molecule is CN=C(NCCCOCC1CCOC1)N1CCC(c2cc(OC)cc(OC)c2)C1. The molecule has 2 aliphatic rings. The van der Waals surface area contributed by atoms with Gasteiger partial charge in [-0.05, 0) is 37.0 Å². The van der Waals surface area contributed by atoms with Gasteiger partial charge in [0.2, 0.25) is 0 Å². The summed E-state index contributed by atoms with van der Waals surface area (Å²) in [7, 11) is 5.23. The van der Waals surface area contributed by atoms with Crippen molar-refractivity contribution in [2.75, 3.05) is 67.3 Å². The first kappa shape index (κ1) is 21.7. The molecule has 1 aromatic rings. The summed E-state index contributed by atoms with van der Waals surface area (Å²) in [6, 6.07) is 6.14. The van der Waals surface area contributed by atoms with E-state index in [0.717, 1.165) is 82.8 Å². The summed E-state index contributed by atoms with van der Waals surface area (Å²) in [4.78, 5) is 6.80. The van der Waals surface area contributed by atoms with E-state index in [1.54, 1.807) is 14.2 Å². The zero-order valence-electron chi connectivity index (χ0n) is 18.0. The standard InChI is InChI=1S/C22H35N3O4/c1-23-22(24-7-4-9-28-15-17-6-10-29-16-17)25-8-5-18(14-25)19-11-20(26-2)13-21(12-19)27-3/h11-13,17-18H,4-10,14-16H2,1-3H3,(H,23,24). The molecule has 7 heteroatoms. The van der Waals surface area contributed by atoms with Gasteiger partial charge in [0.1, 0.15) is 11.5 Å². The van der Waals surface area contributed by atoms with Crippen LogP contribution >= 0.6 is 0 Å². The van der Waals surface area contributed by atoms with E-state index in [9.17, 15) is 0 Å². The Morgan fingerprint density at radius 1 is 1.21 bits per heavy atom. The van der Waals surface area contributed by atoms with Gasteiger partial charge in [0.25, 0.3) is 0 Å². The molecule has 2 atom stereocenters. The molecule has 3 rings (SSSR count). The first-order chi connectivity index (χ1) is 14.2. The number of hydrogen-bond acceptors (Lipinski definition) is 5. The Morgan fingerprint density at radius 2 is 2.00 bits per heavy atom. The van der Waals surface area contributed by atoms with Crippen molar-refractivity contribution in [1.82, 2.24) is 10.2 Å². The summed E-state index contributed by atoms with van der Waals surface area (Å²) in [6.45, 7) is 6.10. The topological polar surface area (TPSA) is 64.6 Å². The van der Waals surface area contributed by atoms with Crippen LogP contribution in [0.1, 0.15) is 30.7 Å². The van der Waals surface area contributed by atoms with Crippen molar-refractivity contribution in [3.8, 4) is 11.5 Å². The third-order valence-corrected chi connectivity index (χ3v) is 5.67. The molecule has 2 unspecified atom stereocenters. The van der Waals surface area contributed by atoms with Crippen molar-refractivity contribution in [2.24, 2.45) is 10.9 Å². The first-order valence-corrected chi connectivity index (χ1v) is 10.6. The zero-order chi connectivity index (χ0) is 20.5. The van der Waals surface area contributed by atoms with E-state index in [4.69, 9.17) is 18.9 Å². The third kappa shape index (κ3) is 6.24. The lowest BCUT2D eigenvalue weighted by Crippen LogP contribution is -2.40. The van der Waals surface area contributed by atoms with Crippen LogP contribution in [0.15, 0.2) is 23.2 Å². The van der Waals surface area contributed by atoms with Crippen LogP contribution in [-0.2, 0) is 9.47 Å². The number of ether oxygens (including phenoxy) is 4. The summed E-state index contributed by atoms with van der Waals surface area (Å²) < 4.78 is 22.0. The Balaban J connectivity index is 1.42. The first-order valence-electron chi connectivity index (χ1n) is 10.6. The number of hydrogen-bond donors (Lipinski definition) is 1. The third-order valence-electron chi connectivity index (χ3n) is 5.67. The van der Waals surface area contributed by atoms with E-state index in [1.807, 2.05) is 13.1 Å². The lowest BCUT2D eigenvalue weighted by Gasteiger charge is -2.22. The lowest BCUT2D eigenvalue weighted by molar-refractivity contribution is 0.0887. The molecule has 7 nitrogen and oxygen atoms in total. The van der Waals surface area contributed by atoms with Crippen molar-refractivity contribution in [2.45, 2.75) is 25.2 Å². The highest BCUT2D eigenvalue weighted by molar-refractivity contribution is 5.80. The van der Waals surface area contributed by atoms with Gasteiger partial charge in [-0.15, -0.1) is 0 Å². The second kappa shape index (κ2) is 11.3. The molecule has 0 amide bonds. The summed E-state index contributed by atoms with van der Waals surface area (Å²) >= 11 is 0. The van der Waals surface area contributed by atoms with Crippen LogP contribution in [0.25, 0.3) is 0 Å². The van der Waals surface area contributed by atoms with E-state index in [1.165, 1.54) is 5.56 Å². The average Bonchev–Trinajstić information content (AvgIpc) is 3.45. The zero-order valence-corrected chi connectivity index (χ0v) is 18.0. The Morgan fingerprint density at radius 3 is 2.66 bits per heavy atom. The minimum absolute atomic E-state index is 0.439. The monoisotopic (exact) mass is 405 g/mol. The molecular formula is C22H35N3O4. The Bertz CT molecular complexity index is 639. The predicted molar refractivity (Wildman–Crippen MR) is 114 cm³/mol. The highest BCUT2D eigenvalue weighted by Crippen LogP contribution is 2.32.